The Morgan fingerprint density at radius 2 is 1.92 bits per heavy atom. The van der Waals surface area contributed by atoms with E-state index in [2.05, 4.69) is 44.0 Å². The number of aliphatic imine (C=N–C) groups is 1. The van der Waals surface area contributed by atoms with Gasteiger partial charge in [-0.25, -0.2) is 0 Å². The molecule has 2 aromatic carbocycles. The minimum absolute atomic E-state index is 0.223. The van der Waals surface area contributed by atoms with Gasteiger partial charge in [0, 0.05) is 55.1 Å². The number of nitrogen functional groups attached to an aromatic ring is 1. The van der Waals surface area contributed by atoms with Crippen molar-refractivity contribution in [1.29, 1.82) is 0 Å². The number of carbonyl (C=O) groups is 1. The lowest BCUT2D eigenvalue weighted by Gasteiger charge is -2.34. The summed E-state index contributed by atoms with van der Waals surface area (Å²) in [6.07, 6.45) is 5.85. The smallest absolute Gasteiger partial charge is 0.261 e. The average Bonchev–Trinajstić information content (AvgIpc) is 3.41. The van der Waals surface area contributed by atoms with E-state index in [1.807, 2.05) is 48.6 Å². The monoisotopic (exact) mass is 523 g/mol. The zero-order chi connectivity index (χ0) is 27.4. The van der Waals surface area contributed by atoms with E-state index in [4.69, 9.17) is 5.73 Å². The van der Waals surface area contributed by atoms with Crippen molar-refractivity contribution >= 4 is 28.3 Å². The number of rotatable bonds is 7. The van der Waals surface area contributed by atoms with Crippen molar-refractivity contribution in [2.75, 3.05) is 45.5 Å². The lowest BCUT2D eigenvalue weighted by atomic mass is 10.1. The van der Waals surface area contributed by atoms with Gasteiger partial charge in [0.15, 0.2) is 0 Å². The lowest BCUT2D eigenvalue weighted by Crippen LogP contribution is -2.43. The molecule has 1 saturated heterocycles. The van der Waals surface area contributed by atoms with Gasteiger partial charge in [0.25, 0.3) is 11.5 Å². The Balaban J connectivity index is 1.34. The van der Waals surface area contributed by atoms with Crippen LogP contribution < -0.4 is 21.9 Å². The van der Waals surface area contributed by atoms with Gasteiger partial charge >= 0.3 is 0 Å². The Morgan fingerprint density at radius 1 is 1.15 bits per heavy atom. The van der Waals surface area contributed by atoms with Gasteiger partial charge in [-0.05, 0) is 49.0 Å². The average molecular weight is 524 g/mol. The second-order valence-corrected chi connectivity index (χ2v) is 9.74. The summed E-state index contributed by atoms with van der Waals surface area (Å²) >= 11 is 0. The number of nitrogens with one attached hydrogen (secondary N) is 3. The molecule has 1 aromatic heterocycles. The molecule has 0 bridgehead atoms. The first kappa shape index (κ1) is 26.0. The van der Waals surface area contributed by atoms with Crippen LogP contribution in [0.5, 0.6) is 0 Å². The number of carbonyl (C=O) groups excluding carboxylic acids is 1. The van der Waals surface area contributed by atoms with Crippen LogP contribution in [0.2, 0.25) is 0 Å². The fraction of sp³-hybridized carbons (Fsp3) is 0.233. The Morgan fingerprint density at radius 3 is 2.67 bits per heavy atom. The third-order valence-corrected chi connectivity index (χ3v) is 7.07. The van der Waals surface area contributed by atoms with E-state index in [0.717, 1.165) is 43.1 Å². The zero-order valence-electron chi connectivity index (χ0n) is 22.0. The molecule has 3 heterocycles. The number of H-pyrrole nitrogens is 1. The van der Waals surface area contributed by atoms with Crippen molar-refractivity contribution in [1.82, 2.24) is 25.4 Å². The summed E-state index contributed by atoms with van der Waals surface area (Å²) in [7, 11) is 2.12. The van der Waals surface area contributed by atoms with Gasteiger partial charge in [0.05, 0.1) is 17.7 Å². The number of nitrogens with zero attached hydrogens (tertiary/aromatic N) is 3. The summed E-state index contributed by atoms with van der Waals surface area (Å²) in [4.78, 5) is 37.8. The summed E-state index contributed by atoms with van der Waals surface area (Å²) in [5, 5.41) is 6.76. The van der Waals surface area contributed by atoms with E-state index in [-0.39, 0.29) is 22.7 Å². The fourth-order valence-electron chi connectivity index (χ4n) is 4.76. The molecule has 5 N–H and O–H groups in total. The Labute approximate surface area is 227 Å². The highest BCUT2D eigenvalue weighted by Gasteiger charge is 2.21. The number of benzene rings is 2. The number of likely N-dealkylation sites (N-methyl/N-ethyl adjacent to an activating group) is 1. The number of amides is 1. The number of aromatic amines is 1. The molecule has 0 aliphatic carbocycles. The first-order valence-corrected chi connectivity index (χ1v) is 13.0. The van der Waals surface area contributed by atoms with Crippen LogP contribution in [0, 0.1) is 0 Å². The van der Waals surface area contributed by atoms with Crippen LogP contribution >= 0.6 is 0 Å². The van der Waals surface area contributed by atoms with Crippen LogP contribution in [0.15, 0.2) is 94.5 Å². The number of pyridine rings is 1. The van der Waals surface area contributed by atoms with E-state index >= 15 is 0 Å². The van der Waals surface area contributed by atoms with Crippen molar-refractivity contribution in [3.8, 4) is 0 Å². The molecule has 2 aliphatic rings. The third-order valence-electron chi connectivity index (χ3n) is 7.07. The largest absolute Gasteiger partial charge is 0.397 e. The van der Waals surface area contributed by atoms with Gasteiger partial charge in [-0.1, -0.05) is 36.9 Å². The molecule has 3 aromatic rings. The van der Waals surface area contributed by atoms with E-state index in [1.54, 1.807) is 18.2 Å². The van der Waals surface area contributed by atoms with Crippen molar-refractivity contribution in [3.05, 3.63) is 112 Å². The van der Waals surface area contributed by atoms with Crippen LogP contribution in [-0.2, 0) is 6.54 Å². The van der Waals surface area contributed by atoms with E-state index in [1.165, 1.54) is 0 Å². The maximum atomic E-state index is 13.0. The second kappa shape index (κ2) is 11.4. The molecule has 39 heavy (non-hydrogen) atoms. The topological polar surface area (TPSA) is 119 Å². The quantitative estimate of drug-likeness (QED) is 0.354. The number of allylic oxidation sites excluding steroid dienone is 3. The zero-order valence-corrected chi connectivity index (χ0v) is 22.0. The Bertz CT molecular complexity index is 1540. The predicted molar refractivity (Wildman–Crippen MR) is 157 cm³/mol. The standard InChI is InChI=1S/C30H33N7O2/c1-3-23(37-15-13-36(2)14-16-37)11-10-22-19-32-28(34-22)26-27(31)24-17-21(9-12-25(24)35-30(26)39)29(38)33-18-20-7-5-4-6-8-20/h3-12,17H,1,13-16,18-19H2,2H3,(H,32,34)(H,33,38)(H3,31,35,39)/b22-10+,23-11+. The van der Waals surface area contributed by atoms with Crippen LogP contribution in [-0.4, -0.2) is 66.3 Å². The molecule has 9 heteroatoms. The molecule has 2 aliphatic heterocycles. The molecule has 0 unspecified atom stereocenters. The highest BCUT2D eigenvalue weighted by atomic mass is 16.1. The molecule has 0 radical (unpaired) electrons. The summed E-state index contributed by atoms with van der Waals surface area (Å²) in [5.41, 5.74) is 10.6. The molecule has 1 amide bonds. The SMILES string of the molecule is C=C/C(=C\C=C1/CN=C(c2c(N)c3cc(C(=O)NCc4ccccc4)ccc3[nH]c2=O)N1)N1CCN(C)CC1. The highest BCUT2D eigenvalue weighted by Crippen LogP contribution is 2.24. The first-order valence-electron chi connectivity index (χ1n) is 13.0. The fourth-order valence-corrected chi connectivity index (χ4v) is 4.76. The molecule has 200 valence electrons. The van der Waals surface area contributed by atoms with Crippen molar-refractivity contribution in [2.24, 2.45) is 4.99 Å². The summed E-state index contributed by atoms with van der Waals surface area (Å²) in [6, 6.07) is 14.8. The van der Waals surface area contributed by atoms with Gasteiger partial charge in [-0.3, -0.25) is 14.6 Å². The van der Waals surface area contributed by atoms with E-state index < -0.39 is 0 Å². The summed E-state index contributed by atoms with van der Waals surface area (Å²) < 4.78 is 0. The highest BCUT2D eigenvalue weighted by molar-refractivity contribution is 6.11. The van der Waals surface area contributed by atoms with Crippen molar-refractivity contribution in [2.45, 2.75) is 6.54 Å². The third kappa shape index (κ3) is 5.78. The molecule has 0 atom stereocenters. The van der Waals surface area contributed by atoms with Crippen LogP contribution in [0.1, 0.15) is 21.5 Å². The van der Waals surface area contributed by atoms with Gasteiger partial charge in [0.2, 0.25) is 0 Å². The van der Waals surface area contributed by atoms with Crippen LogP contribution in [0.25, 0.3) is 10.9 Å². The number of amidine groups is 1. The van der Waals surface area contributed by atoms with Gasteiger partial charge in [-0.2, -0.15) is 0 Å². The molecule has 9 nitrogen and oxygen atoms in total. The number of anilines is 1. The normalized spacial score (nSPS) is 17.3. The molecule has 0 saturated carbocycles. The number of hydrogen-bond acceptors (Lipinski definition) is 7. The van der Waals surface area contributed by atoms with Crippen LogP contribution in [0.4, 0.5) is 5.69 Å². The van der Waals surface area contributed by atoms with E-state index in [9.17, 15) is 9.59 Å². The minimum Gasteiger partial charge on any atom is -0.397 e. The summed E-state index contributed by atoms with van der Waals surface area (Å²) in [5.74, 6) is 0.189. The maximum Gasteiger partial charge on any atom is 0.261 e. The lowest BCUT2D eigenvalue weighted by molar-refractivity contribution is 0.0951. The molecular weight excluding hydrogens is 490 g/mol. The number of piperazine rings is 1. The molecular formula is C30H33N7O2. The number of nitrogens with two attached hydrogens (primary N) is 1. The Kier molecular flexibility index (Phi) is 7.60. The second-order valence-electron chi connectivity index (χ2n) is 9.74. The van der Waals surface area contributed by atoms with Crippen molar-refractivity contribution in [3.63, 3.8) is 0 Å². The first-order chi connectivity index (χ1) is 18.9. The molecule has 0 spiro atoms. The van der Waals surface area contributed by atoms with Crippen molar-refractivity contribution < 1.29 is 4.79 Å². The van der Waals surface area contributed by atoms with Gasteiger partial charge < -0.3 is 31.2 Å². The number of fused-ring (bicyclic) bond motifs is 1. The number of hydrogen-bond donors (Lipinski definition) is 4. The molecule has 1 fully saturated rings. The Hall–Kier alpha value is -4.63. The molecule has 5 rings (SSSR count). The summed E-state index contributed by atoms with van der Waals surface area (Å²) in [6.45, 7) is 8.69. The van der Waals surface area contributed by atoms with E-state index in [0.29, 0.717) is 35.4 Å². The van der Waals surface area contributed by atoms with Gasteiger partial charge in [0.1, 0.15) is 11.4 Å². The van der Waals surface area contributed by atoms with Crippen LogP contribution in [0.3, 0.4) is 0 Å². The number of aromatic nitrogens is 1. The predicted octanol–water partition coefficient (Wildman–Crippen LogP) is 2.59. The maximum absolute atomic E-state index is 13.0. The minimum atomic E-state index is -0.339. The van der Waals surface area contributed by atoms with Gasteiger partial charge in [-0.15, -0.1) is 0 Å².